The summed E-state index contributed by atoms with van der Waals surface area (Å²) >= 11 is 1.74. The van der Waals surface area contributed by atoms with E-state index in [2.05, 4.69) is 30.6 Å². The van der Waals surface area contributed by atoms with Crippen LogP contribution < -0.4 is 10.1 Å². The molecular weight excluding hydrogens is 422 g/mol. The number of carbonyl (C=O) groups excluding carboxylic acids is 2. The highest BCUT2D eigenvalue weighted by Crippen LogP contribution is 2.34. The first-order valence-electron chi connectivity index (χ1n) is 11.5. The number of nitrogens with zero attached hydrogens (tertiary/aromatic N) is 2. The van der Waals surface area contributed by atoms with E-state index in [-0.39, 0.29) is 24.5 Å². The molecule has 0 fully saturated rings. The monoisotopic (exact) mass is 457 g/mol. The summed E-state index contributed by atoms with van der Waals surface area (Å²) < 4.78 is 6.10. The van der Waals surface area contributed by atoms with Gasteiger partial charge in [-0.3, -0.25) is 4.79 Å². The number of hydrogen-bond acceptors (Lipinski definition) is 4. The standard InChI is InChI=1S/C25H35N3O3S/c1-5-18(3)15-27(25(30)26-6-2)16-24(29)28-13-11-23-21(12-14-32-23)22(28)17-31-20-9-7-19(4)8-10-20/h7-10,12,14,18,22H,5-6,11,13,15-17H2,1-4H3,(H,26,30)/t18-,22-/m0/s1. The first-order chi connectivity index (χ1) is 15.4. The number of thiophene rings is 1. The van der Waals surface area contributed by atoms with Gasteiger partial charge >= 0.3 is 6.03 Å². The van der Waals surface area contributed by atoms with Gasteiger partial charge in [0.2, 0.25) is 5.91 Å². The molecule has 0 unspecified atom stereocenters. The van der Waals surface area contributed by atoms with Crippen molar-refractivity contribution in [2.24, 2.45) is 5.92 Å². The Morgan fingerprint density at radius 2 is 2.00 bits per heavy atom. The largest absolute Gasteiger partial charge is 0.491 e. The van der Waals surface area contributed by atoms with Gasteiger partial charge in [0.1, 0.15) is 18.9 Å². The maximum absolute atomic E-state index is 13.4. The van der Waals surface area contributed by atoms with Gasteiger partial charge in [0, 0.05) is 24.5 Å². The number of ether oxygens (including phenoxy) is 1. The SMILES string of the molecule is CCNC(=O)N(CC(=O)N1CCc2sccc2[C@@H]1COc1ccc(C)cc1)C[C@@H](C)CC. The van der Waals surface area contributed by atoms with E-state index >= 15 is 0 Å². The average Bonchev–Trinajstić information content (AvgIpc) is 3.27. The summed E-state index contributed by atoms with van der Waals surface area (Å²) in [6.45, 7) is 10.4. The van der Waals surface area contributed by atoms with E-state index in [9.17, 15) is 9.59 Å². The molecule has 1 aliphatic rings. The summed E-state index contributed by atoms with van der Waals surface area (Å²) in [5.41, 5.74) is 2.34. The molecular formula is C25H35N3O3S. The van der Waals surface area contributed by atoms with Crippen LogP contribution in [0.15, 0.2) is 35.7 Å². The van der Waals surface area contributed by atoms with Crippen molar-refractivity contribution >= 4 is 23.3 Å². The van der Waals surface area contributed by atoms with Crippen molar-refractivity contribution in [3.05, 3.63) is 51.7 Å². The van der Waals surface area contributed by atoms with Crippen molar-refractivity contribution in [2.75, 3.05) is 32.8 Å². The van der Waals surface area contributed by atoms with Crippen LogP contribution in [0, 0.1) is 12.8 Å². The van der Waals surface area contributed by atoms with Crippen molar-refractivity contribution in [3.63, 3.8) is 0 Å². The third kappa shape index (κ3) is 6.03. The van der Waals surface area contributed by atoms with E-state index in [1.807, 2.05) is 43.0 Å². The molecule has 1 aromatic heterocycles. The second-order valence-corrected chi connectivity index (χ2v) is 9.51. The molecule has 3 rings (SSSR count). The average molecular weight is 458 g/mol. The van der Waals surface area contributed by atoms with Gasteiger partial charge in [0.15, 0.2) is 0 Å². The van der Waals surface area contributed by atoms with Crippen LogP contribution in [-0.2, 0) is 11.2 Å². The van der Waals surface area contributed by atoms with Crippen molar-refractivity contribution in [2.45, 2.75) is 46.6 Å². The Labute approximate surface area is 195 Å². The summed E-state index contributed by atoms with van der Waals surface area (Å²) in [4.78, 5) is 30.9. The van der Waals surface area contributed by atoms with Gasteiger partial charge in [-0.15, -0.1) is 11.3 Å². The highest BCUT2D eigenvalue weighted by molar-refractivity contribution is 7.10. The van der Waals surface area contributed by atoms with Crippen molar-refractivity contribution in [1.82, 2.24) is 15.1 Å². The number of hydrogen-bond donors (Lipinski definition) is 1. The third-order valence-corrected chi connectivity index (χ3v) is 7.01. The molecule has 2 atom stereocenters. The van der Waals surface area contributed by atoms with Crippen molar-refractivity contribution < 1.29 is 14.3 Å². The Morgan fingerprint density at radius 1 is 1.25 bits per heavy atom. The summed E-state index contributed by atoms with van der Waals surface area (Å²) in [5.74, 6) is 1.09. The molecule has 32 heavy (non-hydrogen) atoms. The number of aryl methyl sites for hydroxylation is 1. The first kappa shape index (κ1) is 24.1. The Hall–Kier alpha value is -2.54. The molecule has 6 nitrogen and oxygen atoms in total. The molecule has 1 N–H and O–H groups in total. The summed E-state index contributed by atoms with van der Waals surface area (Å²) in [6.07, 6.45) is 1.80. The quantitative estimate of drug-likeness (QED) is 0.597. The van der Waals surface area contributed by atoms with Gasteiger partial charge in [-0.25, -0.2) is 4.79 Å². The lowest BCUT2D eigenvalue weighted by atomic mass is 10.00. The molecule has 0 bridgehead atoms. The highest BCUT2D eigenvalue weighted by atomic mass is 32.1. The first-order valence-corrected chi connectivity index (χ1v) is 12.4. The Morgan fingerprint density at radius 3 is 2.69 bits per heavy atom. The zero-order valence-electron chi connectivity index (χ0n) is 19.6. The maximum Gasteiger partial charge on any atom is 0.317 e. The normalized spacial score (nSPS) is 16.2. The molecule has 1 aromatic carbocycles. The number of amides is 3. The van der Waals surface area contributed by atoms with Gasteiger partial charge in [0.25, 0.3) is 0 Å². The minimum Gasteiger partial charge on any atom is -0.491 e. The van der Waals surface area contributed by atoms with Crippen molar-refractivity contribution in [3.8, 4) is 5.75 Å². The lowest BCUT2D eigenvalue weighted by Gasteiger charge is -2.37. The number of rotatable bonds is 9. The molecule has 174 valence electrons. The molecule has 0 saturated heterocycles. The molecule has 3 amide bonds. The molecule has 0 aliphatic carbocycles. The summed E-state index contributed by atoms with van der Waals surface area (Å²) in [5, 5.41) is 4.94. The van der Waals surface area contributed by atoms with Gasteiger partial charge in [0.05, 0.1) is 6.04 Å². The minimum absolute atomic E-state index is 0.0334. The summed E-state index contributed by atoms with van der Waals surface area (Å²) in [7, 11) is 0. The predicted molar refractivity (Wildman–Crippen MR) is 129 cm³/mol. The number of fused-ring (bicyclic) bond motifs is 1. The van der Waals surface area contributed by atoms with E-state index in [0.29, 0.717) is 32.2 Å². The predicted octanol–water partition coefficient (Wildman–Crippen LogP) is 4.64. The Kier molecular flexibility index (Phi) is 8.56. The molecule has 0 radical (unpaired) electrons. The minimum atomic E-state index is -0.179. The van der Waals surface area contributed by atoms with Gasteiger partial charge < -0.3 is 19.9 Å². The lowest BCUT2D eigenvalue weighted by Crippen LogP contribution is -2.50. The van der Waals surface area contributed by atoms with E-state index in [1.165, 1.54) is 10.4 Å². The smallest absolute Gasteiger partial charge is 0.317 e. The second-order valence-electron chi connectivity index (χ2n) is 8.51. The van der Waals surface area contributed by atoms with Crippen LogP contribution in [0.25, 0.3) is 0 Å². The van der Waals surface area contributed by atoms with E-state index < -0.39 is 0 Å². The third-order valence-electron chi connectivity index (χ3n) is 6.01. The molecule has 0 spiro atoms. The topological polar surface area (TPSA) is 61.9 Å². The van der Waals surface area contributed by atoms with E-state index in [1.54, 1.807) is 16.2 Å². The molecule has 0 saturated carbocycles. The second kappa shape index (κ2) is 11.4. The Balaban J connectivity index is 1.75. The van der Waals surface area contributed by atoms with Crippen LogP contribution in [0.3, 0.4) is 0 Å². The fourth-order valence-corrected chi connectivity index (χ4v) is 4.85. The number of benzene rings is 1. The van der Waals surface area contributed by atoms with Crippen LogP contribution in [0.4, 0.5) is 4.79 Å². The van der Waals surface area contributed by atoms with Gasteiger partial charge in [-0.05, 0) is 55.3 Å². The zero-order valence-corrected chi connectivity index (χ0v) is 20.4. The lowest BCUT2D eigenvalue weighted by molar-refractivity contribution is -0.135. The number of carbonyl (C=O) groups is 2. The van der Waals surface area contributed by atoms with Crippen LogP contribution >= 0.6 is 11.3 Å². The van der Waals surface area contributed by atoms with E-state index in [0.717, 1.165) is 24.2 Å². The van der Waals surface area contributed by atoms with Gasteiger partial charge in [-0.1, -0.05) is 38.0 Å². The summed E-state index contributed by atoms with van der Waals surface area (Å²) in [6, 6.07) is 9.73. The van der Waals surface area contributed by atoms with Crippen LogP contribution in [0.5, 0.6) is 5.75 Å². The number of urea groups is 1. The van der Waals surface area contributed by atoms with Crippen molar-refractivity contribution in [1.29, 1.82) is 0 Å². The van der Waals surface area contributed by atoms with Gasteiger partial charge in [-0.2, -0.15) is 0 Å². The van der Waals surface area contributed by atoms with Crippen LogP contribution in [0.2, 0.25) is 0 Å². The zero-order chi connectivity index (χ0) is 23.1. The molecule has 2 heterocycles. The fourth-order valence-electron chi connectivity index (χ4n) is 3.93. The van der Waals surface area contributed by atoms with Crippen LogP contribution in [0.1, 0.15) is 49.2 Å². The fraction of sp³-hybridized carbons (Fsp3) is 0.520. The molecule has 1 aliphatic heterocycles. The molecule has 7 heteroatoms. The Bertz CT molecular complexity index is 896. The molecule has 2 aromatic rings. The maximum atomic E-state index is 13.4. The number of nitrogens with one attached hydrogen (secondary N) is 1. The highest BCUT2D eigenvalue weighted by Gasteiger charge is 2.33. The van der Waals surface area contributed by atoms with E-state index in [4.69, 9.17) is 4.74 Å². The van der Waals surface area contributed by atoms with Crippen LogP contribution in [-0.4, -0.2) is 54.5 Å².